The molecule has 0 spiro atoms. The normalized spacial score (nSPS) is 11.4. The van der Waals surface area contributed by atoms with Gasteiger partial charge in [0.2, 0.25) is 5.91 Å². The zero-order valence-electron chi connectivity index (χ0n) is 16.6. The highest BCUT2D eigenvalue weighted by Crippen LogP contribution is 2.16. The Morgan fingerprint density at radius 1 is 0.967 bits per heavy atom. The molecule has 2 amide bonds. The summed E-state index contributed by atoms with van der Waals surface area (Å²) in [6.07, 6.45) is 0.141. The van der Waals surface area contributed by atoms with Crippen molar-refractivity contribution in [3.8, 4) is 5.75 Å². The molecule has 2 N–H and O–H groups in total. The van der Waals surface area contributed by atoms with Crippen LogP contribution in [-0.2, 0) is 11.4 Å². The van der Waals surface area contributed by atoms with Crippen LogP contribution in [0.4, 0.5) is 10.1 Å². The first-order valence-corrected chi connectivity index (χ1v) is 9.62. The smallest absolute Gasteiger partial charge is 0.251 e. The number of rotatable bonds is 8. The minimum Gasteiger partial charge on any atom is -0.489 e. The van der Waals surface area contributed by atoms with Crippen molar-refractivity contribution in [2.24, 2.45) is 0 Å². The van der Waals surface area contributed by atoms with Gasteiger partial charge in [0.1, 0.15) is 18.2 Å². The molecule has 30 heavy (non-hydrogen) atoms. The van der Waals surface area contributed by atoms with Crippen LogP contribution >= 0.6 is 0 Å². The Hall–Kier alpha value is -3.67. The van der Waals surface area contributed by atoms with Crippen molar-refractivity contribution >= 4 is 17.5 Å². The van der Waals surface area contributed by atoms with Crippen LogP contribution in [0.3, 0.4) is 0 Å². The predicted molar refractivity (Wildman–Crippen MR) is 114 cm³/mol. The molecule has 1 unspecified atom stereocenters. The summed E-state index contributed by atoms with van der Waals surface area (Å²) >= 11 is 0. The lowest BCUT2D eigenvalue weighted by Crippen LogP contribution is -2.35. The molecule has 0 radical (unpaired) electrons. The molecule has 3 aromatic rings. The van der Waals surface area contributed by atoms with Crippen LogP contribution < -0.4 is 15.4 Å². The predicted octanol–water partition coefficient (Wildman–Crippen LogP) is 4.55. The second kappa shape index (κ2) is 10.2. The van der Waals surface area contributed by atoms with Gasteiger partial charge in [-0.2, -0.15) is 0 Å². The lowest BCUT2D eigenvalue weighted by Gasteiger charge is -2.14. The first-order chi connectivity index (χ1) is 14.5. The van der Waals surface area contributed by atoms with E-state index in [1.54, 1.807) is 61.5 Å². The van der Waals surface area contributed by atoms with E-state index in [0.717, 1.165) is 5.56 Å². The van der Waals surface area contributed by atoms with Gasteiger partial charge >= 0.3 is 0 Å². The average Bonchev–Trinajstić information content (AvgIpc) is 2.73. The quantitative estimate of drug-likeness (QED) is 0.577. The van der Waals surface area contributed by atoms with E-state index in [2.05, 4.69) is 10.6 Å². The molecule has 0 aromatic heterocycles. The first-order valence-electron chi connectivity index (χ1n) is 9.62. The third-order valence-electron chi connectivity index (χ3n) is 4.32. The van der Waals surface area contributed by atoms with Gasteiger partial charge in [-0.1, -0.05) is 36.4 Å². The number of halogens is 1. The lowest BCUT2D eigenvalue weighted by molar-refractivity contribution is -0.116. The van der Waals surface area contributed by atoms with Crippen molar-refractivity contribution in [2.45, 2.75) is 26.0 Å². The van der Waals surface area contributed by atoms with Gasteiger partial charge in [-0.15, -0.1) is 0 Å². The summed E-state index contributed by atoms with van der Waals surface area (Å²) in [5.74, 6) is -0.346. The van der Waals surface area contributed by atoms with E-state index in [4.69, 9.17) is 4.74 Å². The van der Waals surface area contributed by atoms with Crippen LogP contribution in [-0.4, -0.2) is 17.9 Å². The van der Waals surface area contributed by atoms with Crippen molar-refractivity contribution in [2.75, 3.05) is 5.32 Å². The third kappa shape index (κ3) is 6.44. The topological polar surface area (TPSA) is 67.4 Å². The van der Waals surface area contributed by atoms with Crippen LogP contribution in [0.1, 0.15) is 29.3 Å². The Morgan fingerprint density at radius 3 is 2.50 bits per heavy atom. The average molecular weight is 406 g/mol. The largest absolute Gasteiger partial charge is 0.489 e. The summed E-state index contributed by atoms with van der Waals surface area (Å²) in [4.78, 5) is 24.5. The number of anilines is 1. The molecule has 0 fully saturated rings. The molecule has 5 nitrogen and oxygen atoms in total. The summed E-state index contributed by atoms with van der Waals surface area (Å²) in [7, 11) is 0. The van der Waals surface area contributed by atoms with Crippen molar-refractivity contribution in [1.29, 1.82) is 0 Å². The first kappa shape index (κ1) is 21.0. The zero-order valence-corrected chi connectivity index (χ0v) is 16.6. The molecule has 154 valence electrons. The molecule has 6 heteroatoms. The molecule has 0 heterocycles. The van der Waals surface area contributed by atoms with E-state index in [9.17, 15) is 14.0 Å². The molecule has 0 saturated carbocycles. The van der Waals surface area contributed by atoms with E-state index >= 15 is 0 Å². The summed E-state index contributed by atoms with van der Waals surface area (Å²) in [6, 6.07) is 21.7. The van der Waals surface area contributed by atoms with Gasteiger partial charge in [0.05, 0.1) is 0 Å². The van der Waals surface area contributed by atoms with Gasteiger partial charge in [0, 0.05) is 29.8 Å². The molecule has 3 rings (SSSR count). The standard InChI is InChI=1S/C24H23FN2O3/c1-17(26-24(29)19-8-3-2-4-9-19)13-23(28)27-21-11-5-7-18(14-21)16-30-22-12-6-10-20(25)15-22/h2-12,14-15,17H,13,16H2,1H3,(H,26,29)(H,27,28). The fourth-order valence-corrected chi connectivity index (χ4v) is 2.90. The molecule has 0 saturated heterocycles. The van der Waals surface area contributed by atoms with Gasteiger partial charge < -0.3 is 15.4 Å². The van der Waals surface area contributed by atoms with Gasteiger partial charge in [0.15, 0.2) is 0 Å². The highest BCUT2D eigenvalue weighted by Gasteiger charge is 2.13. The Labute approximate surface area is 174 Å². The van der Waals surface area contributed by atoms with E-state index < -0.39 is 0 Å². The minimum absolute atomic E-state index is 0.141. The fourth-order valence-electron chi connectivity index (χ4n) is 2.90. The van der Waals surface area contributed by atoms with Crippen LogP contribution in [0.15, 0.2) is 78.9 Å². The van der Waals surface area contributed by atoms with Crippen LogP contribution in [0.5, 0.6) is 5.75 Å². The second-order valence-corrected chi connectivity index (χ2v) is 6.94. The van der Waals surface area contributed by atoms with Crippen molar-refractivity contribution in [1.82, 2.24) is 5.32 Å². The molecule has 3 aromatic carbocycles. The molecule has 0 aliphatic heterocycles. The zero-order chi connectivity index (χ0) is 21.3. The second-order valence-electron chi connectivity index (χ2n) is 6.94. The molecule has 0 aliphatic rings. The number of amides is 2. The van der Waals surface area contributed by atoms with Gasteiger partial charge in [-0.3, -0.25) is 9.59 Å². The van der Waals surface area contributed by atoms with Gasteiger partial charge in [-0.05, 0) is 48.9 Å². The van der Waals surface area contributed by atoms with Crippen molar-refractivity contribution < 1.29 is 18.7 Å². The summed E-state index contributed by atoms with van der Waals surface area (Å²) in [5.41, 5.74) is 2.01. The molecule has 1 atom stereocenters. The van der Waals surface area contributed by atoms with Gasteiger partial charge in [-0.25, -0.2) is 4.39 Å². The van der Waals surface area contributed by atoms with E-state index in [0.29, 0.717) is 17.0 Å². The monoisotopic (exact) mass is 406 g/mol. The maximum atomic E-state index is 13.2. The molecular formula is C24H23FN2O3. The molecule has 0 aliphatic carbocycles. The summed E-state index contributed by atoms with van der Waals surface area (Å²) < 4.78 is 18.8. The number of nitrogens with one attached hydrogen (secondary N) is 2. The number of ether oxygens (including phenoxy) is 1. The number of carbonyl (C=O) groups is 2. The van der Waals surface area contributed by atoms with E-state index in [1.165, 1.54) is 12.1 Å². The maximum absolute atomic E-state index is 13.2. The number of hydrogen-bond acceptors (Lipinski definition) is 3. The van der Waals surface area contributed by atoms with E-state index in [1.807, 2.05) is 12.1 Å². The number of benzene rings is 3. The highest BCUT2D eigenvalue weighted by atomic mass is 19.1. The molecular weight excluding hydrogens is 383 g/mol. The summed E-state index contributed by atoms with van der Waals surface area (Å²) in [5, 5.41) is 5.64. The van der Waals surface area contributed by atoms with Crippen LogP contribution in [0.2, 0.25) is 0 Å². The molecule has 0 bridgehead atoms. The van der Waals surface area contributed by atoms with Crippen molar-refractivity contribution in [3.05, 3.63) is 95.8 Å². The van der Waals surface area contributed by atoms with Crippen molar-refractivity contribution in [3.63, 3.8) is 0 Å². The maximum Gasteiger partial charge on any atom is 0.251 e. The SMILES string of the molecule is CC(CC(=O)Nc1cccc(COc2cccc(F)c2)c1)NC(=O)c1ccccc1. The Bertz CT molecular complexity index is 1010. The fraction of sp³-hybridized carbons (Fsp3) is 0.167. The number of hydrogen-bond donors (Lipinski definition) is 2. The van der Waals surface area contributed by atoms with E-state index in [-0.39, 0.29) is 36.7 Å². The highest BCUT2D eigenvalue weighted by molar-refractivity contribution is 5.95. The lowest BCUT2D eigenvalue weighted by atomic mass is 10.1. The van der Waals surface area contributed by atoms with Crippen LogP contribution in [0, 0.1) is 5.82 Å². The summed E-state index contributed by atoms with van der Waals surface area (Å²) in [6.45, 7) is 2.03. The minimum atomic E-state index is -0.359. The Morgan fingerprint density at radius 2 is 1.73 bits per heavy atom. The number of carbonyl (C=O) groups excluding carboxylic acids is 2. The Balaban J connectivity index is 1.50. The third-order valence-corrected chi connectivity index (χ3v) is 4.32. The van der Waals surface area contributed by atoms with Gasteiger partial charge in [0.25, 0.3) is 5.91 Å². The Kier molecular flexibility index (Phi) is 7.16. The van der Waals surface area contributed by atoms with Crippen LogP contribution in [0.25, 0.3) is 0 Å².